The number of benzene rings is 1. The molecule has 10 nitrogen and oxygen atoms in total. The molecule has 1 fully saturated rings. The molecule has 0 radical (unpaired) electrons. The van der Waals surface area contributed by atoms with Crippen LogP contribution in [0.25, 0.3) is 11.0 Å². The predicted molar refractivity (Wildman–Crippen MR) is 110 cm³/mol. The standard InChI is InChI=1S/C20H19N5O5/c1-10(26)22-12-3-6-16(30-2)15(8-12)23-18(27)11-7-14-17(21-9-11)25(13-4-5-13)20(29)24-19(14)28/h3,6-9,13H,4-5H2,1-2H3,(H,22,26)(H,23,27)(H,24,28,29). The lowest BCUT2D eigenvalue weighted by Crippen LogP contribution is -2.30. The van der Waals surface area contributed by atoms with Gasteiger partial charge in [0.25, 0.3) is 11.5 Å². The minimum Gasteiger partial charge on any atom is -0.495 e. The SMILES string of the molecule is COc1ccc(NC(C)=O)cc1NC(=O)c1cnc2c(c1)c(=O)[nH]c(=O)n2C1CC1. The average Bonchev–Trinajstić information content (AvgIpc) is 3.52. The fourth-order valence-corrected chi connectivity index (χ4v) is 3.21. The quantitative estimate of drug-likeness (QED) is 0.586. The zero-order chi connectivity index (χ0) is 21.4. The second-order valence-corrected chi connectivity index (χ2v) is 7.01. The van der Waals surface area contributed by atoms with E-state index in [0.29, 0.717) is 17.1 Å². The molecule has 0 unspecified atom stereocenters. The molecule has 10 heteroatoms. The Bertz CT molecular complexity index is 1290. The van der Waals surface area contributed by atoms with Crippen LogP contribution in [0, 0.1) is 0 Å². The van der Waals surface area contributed by atoms with Crippen LogP contribution in [0.2, 0.25) is 0 Å². The first kappa shape index (κ1) is 19.4. The molecule has 1 aliphatic carbocycles. The predicted octanol–water partition coefficient (Wildman–Crippen LogP) is 1.64. The van der Waals surface area contributed by atoms with Crippen LogP contribution in [0.1, 0.15) is 36.2 Å². The highest BCUT2D eigenvalue weighted by Gasteiger charge is 2.28. The number of aromatic amines is 1. The van der Waals surface area contributed by atoms with E-state index in [4.69, 9.17) is 4.74 Å². The molecule has 2 heterocycles. The number of nitrogens with one attached hydrogen (secondary N) is 3. The highest BCUT2D eigenvalue weighted by Crippen LogP contribution is 2.34. The molecule has 1 aliphatic rings. The van der Waals surface area contributed by atoms with Crippen LogP contribution < -0.4 is 26.6 Å². The van der Waals surface area contributed by atoms with Gasteiger partial charge in [-0.05, 0) is 37.1 Å². The lowest BCUT2D eigenvalue weighted by atomic mass is 10.2. The minimum absolute atomic E-state index is 0.0183. The van der Waals surface area contributed by atoms with Gasteiger partial charge in [0.05, 0.1) is 23.7 Å². The number of anilines is 2. The average molecular weight is 409 g/mol. The third-order valence-electron chi connectivity index (χ3n) is 4.72. The maximum atomic E-state index is 12.8. The summed E-state index contributed by atoms with van der Waals surface area (Å²) in [6, 6.07) is 6.23. The summed E-state index contributed by atoms with van der Waals surface area (Å²) in [6.45, 7) is 1.38. The summed E-state index contributed by atoms with van der Waals surface area (Å²) in [5.74, 6) is -0.380. The smallest absolute Gasteiger partial charge is 0.330 e. The van der Waals surface area contributed by atoms with E-state index in [1.54, 1.807) is 18.2 Å². The molecule has 2 aromatic heterocycles. The molecule has 30 heavy (non-hydrogen) atoms. The third-order valence-corrected chi connectivity index (χ3v) is 4.72. The molecular weight excluding hydrogens is 390 g/mol. The molecule has 3 aromatic rings. The van der Waals surface area contributed by atoms with E-state index < -0.39 is 17.2 Å². The van der Waals surface area contributed by atoms with Gasteiger partial charge in [-0.15, -0.1) is 0 Å². The van der Waals surface area contributed by atoms with E-state index in [9.17, 15) is 19.2 Å². The topological polar surface area (TPSA) is 135 Å². The summed E-state index contributed by atoms with van der Waals surface area (Å²) >= 11 is 0. The van der Waals surface area contributed by atoms with Gasteiger partial charge >= 0.3 is 5.69 Å². The Hall–Kier alpha value is -3.95. The van der Waals surface area contributed by atoms with Crippen molar-refractivity contribution in [2.24, 2.45) is 0 Å². The number of H-pyrrole nitrogens is 1. The number of fused-ring (bicyclic) bond motifs is 1. The monoisotopic (exact) mass is 409 g/mol. The summed E-state index contributed by atoms with van der Waals surface area (Å²) < 4.78 is 6.71. The zero-order valence-electron chi connectivity index (χ0n) is 16.3. The highest BCUT2D eigenvalue weighted by atomic mass is 16.5. The van der Waals surface area contributed by atoms with Crippen LogP contribution in [-0.4, -0.2) is 33.5 Å². The third kappa shape index (κ3) is 3.66. The molecule has 1 saturated carbocycles. The second-order valence-electron chi connectivity index (χ2n) is 7.01. The van der Waals surface area contributed by atoms with Crippen LogP contribution in [0.15, 0.2) is 40.1 Å². The molecule has 0 spiro atoms. The molecule has 0 saturated heterocycles. The lowest BCUT2D eigenvalue weighted by Gasteiger charge is -2.13. The summed E-state index contributed by atoms with van der Waals surface area (Å²) in [6.07, 6.45) is 3.00. The van der Waals surface area contributed by atoms with E-state index in [-0.39, 0.29) is 28.5 Å². The van der Waals surface area contributed by atoms with E-state index in [1.807, 2.05) is 0 Å². The molecule has 0 atom stereocenters. The summed E-state index contributed by atoms with van der Waals surface area (Å²) in [5.41, 5.74) is 0.123. The second kappa shape index (κ2) is 7.47. The Morgan fingerprint density at radius 3 is 2.63 bits per heavy atom. The van der Waals surface area contributed by atoms with Crippen LogP contribution >= 0.6 is 0 Å². The number of aromatic nitrogens is 3. The molecule has 154 valence electrons. The number of methoxy groups -OCH3 is 1. The summed E-state index contributed by atoms with van der Waals surface area (Å²) in [4.78, 5) is 55.0. The van der Waals surface area contributed by atoms with Crippen molar-refractivity contribution in [3.63, 3.8) is 0 Å². The fraction of sp³-hybridized carbons (Fsp3) is 0.250. The number of ether oxygens (including phenoxy) is 1. The Morgan fingerprint density at radius 2 is 1.97 bits per heavy atom. The number of amides is 2. The molecule has 2 amide bonds. The normalized spacial score (nSPS) is 13.1. The van der Waals surface area contributed by atoms with Crippen LogP contribution in [0.3, 0.4) is 0 Å². The number of rotatable bonds is 5. The molecule has 0 aliphatic heterocycles. The van der Waals surface area contributed by atoms with Crippen molar-refractivity contribution in [3.05, 3.63) is 56.9 Å². The first-order valence-corrected chi connectivity index (χ1v) is 9.29. The zero-order valence-corrected chi connectivity index (χ0v) is 16.3. The maximum Gasteiger partial charge on any atom is 0.330 e. The number of nitrogens with zero attached hydrogens (tertiary/aromatic N) is 2. The number of hydrogen-bond donors (Lipinski definition) is 3. The van der Waals surface area contributed by atoms with Gasteiger partial charge in [-0.2, -0.15) is 0 Å². The van der Waals surface area contributed by atoms with Gasteiger partial charge in [0, 0.05) is 24.8 Å². The molecule has 4 rings (SSSR count). The summed E-state index contributed by atoms with van der Waals surface area (Å²) in [7, 11) is 1.46. The van der Waals surface area contributed by atoms with E-state index >= 15 is 0 Å². The largest absolute Gasteiger partial charge is 0.495 e. The number of hydrogen-bond acceptors (Lipinski definition) is 6. The first-order chi connectivity index (χ1) is 14.4. The number of pyridine rings is 1. The molecule has 3 N–H and O–H groups in total. The van der Waals surface area contributed by atoms with Crippen molar-refractivity contribution in [2.75, 3.05) is 17.7 Å². The van der Waals surface area contributed by atoms with Gasteiger partial charge in [0.2, 0.25) is 5.91 Å². The highest BCUT2D eigenvalue weighted by molar-refractivity contribution is 6.06. The van der Waals surface area contributed by atoms with E-state index in [2.05, 4.69) is 20.6 Å². The van der Waals surface area contributed by atoms with E-state index in [1.165, 1.54) is 30.9 Å². The fourth-order valence-electron chi connectivity index (χ4n) is 3.21. The molecule has 0 bridgehead atoms. The van der Waals surface area contributed by atoms with Crippen molar-refractivity contribution in [1.82, 2.24) is 14.5 Å². The Morgan fingerprint density at radius 1 is 1.20 bits per heavy atom. The van der Waals surface area contributed by atoms with E-state index in [0.717, 1.165) is 12.8 Å². The first-order valence-electron chi connectivity index (χ1n) is 9.29. The van der Waals surface area contributed by atoms with Crippen molar-refractivity contribution < 1.29 is 14.3 Å². The van der Waals surface area contributed by atoms with Gasteiger partial charge in [-0.25, -0.2) is 9.78 Å². The minimum atomic E-state index is -0.598. The van der Waals surface area contributed by atoms with Crippen molar-refractivity contribution in [2.45, 2.75) is 25.8 Å². The van der Waals surface area contributed by atoms with Crippen LogP contribution in [0.4, 0.5) is 11.4 Å². The molecule has 1 aromatic carbocycles. The van der Waals surface area contributed by atoms with Crippen molar-refractivity contribution in [3.8, 4) is 5.75 Å². The number of carbonyl (C=O) groups excluding carboxylic acids is 2. The maximum absolute atomic E-state index is 12.8. The van der Waals surface area contributed by atoms with Crippen molar-refractivity contribution in [1.29, 1.82) is 0 Å². The van der Waals surface area contributed by atoms with Crippen molar-refractivity contribution >= 4 is 34.2 Å². The Balaban J connectivity index is 1.70. The van der Waals surface area contributed by atoms with Gasteiger partial charge in [0.1, 0.15) is 11.4 Å². The van der Waals surface area contributed by atoms with Gasteiger partial charge in [0.15, 0.2) is 0 Å². The Labute approximate surface area is 169 Å². The number of carbonyl (C=O) groups is 2. The van der Waals surface area contributed by atoms with Gasteiger partial charge in [-0.1, -0.05) is 0 Å². The lowest BCUT2D eigenvalue weighted by molar-refractivity contribution is -0.114. The van der Waals surface area contributed by atoms with Gasteiger partial charge in [-0.3, -0.25) is 23.9 Å². The van der Waals surface area contributed by atoms with Gasteiger partial charge < -0.3 is 15.4 Å². The summed E-state index contributed by atoms with van der Waals surface area (Å²) in [5, 5.41) is 5.49. The van der Waals surface area contributed by atoms with Crippen LogP contribution in [0.5, 0.6) is 5.75 Å². The Kier molecular flexibility index (Phi) is 4.82. The van der Waals surface area contributed by atoms with Crippen LogP contribution in [-0.2, 0) is 4.79 Å². The molecular formula is C20H19N5O5.